The molecule has 0 radical (unpaired) electrons. The van der Waals surface area contributed by atoms with Crippen molar-refractivity contribution >= 4 is 49.1 Å². The van der Waals surface area contributed by atoms with Crippen molar-refractivity contribution in [3.05, 3.63) is 29.1 Å². The van der Waals surface area contributed by atoms with Crippen LogP contribution >= 0.6 is 11.3 Å². The van der Waals surface area contributed by atoms with E-state index in [9.17, 15) is 8.42 Å². The number of thiophene rings is 1. The average Bonchev–Trinajstić information content (AvgIpc) is 2.86. The Balaban J connectivity index is 0.000000413. The minimum Gasteiger partial charge on any atom is -0.473 e. The smallest absolute Gasteiger partial charge is 0.414 e. The Hall–Kier alpha value is -2.13. The number of carboxylic acid groups (broad SMARTS) is 2. The van der Waals surface area contributed by atoms with Crippen molar-refractivity contribution in [3.63, 3.8) is 0 Å². The molecule has 0 bridgehead atoms. The number of aliphatic carboxylic acids is 2. The molecule has 7 nitrogen and oxygen atoms in total. The lowest BCUT2D eigenvalue weighted by atomic mass is 10.1. The van der Waals surface area contributed by atoms with Crippen LogP contribution in [0.3, 0.4) is 0 Å². The lowest BCUT2D eigenvalue weighted by Crippen LogP contribution is -2.09. The minimum atomic E-state index is -3.21. The number of fused-ring (bicyclic) bond motifs is 1. The molecule has 0 spiro atoms. The number of carbonyl (C=O) groups is 2. The van der Waals surface area contributed by atoms with Gasteiger partial charge < -0.3 is 10.2 Å². The molecule has 0 aliphatic carbocycles. The highest BCUT2D eigenvalue weighted by atomic mass is 32.2. The summed E-state index contributed by atoms with van der Waals surface area (Å²) in [6.45, 7) is 2.17. The van der Waals surface area contributed by atoms with Crippen LogP contribution in [-0.2, 0) is 26.0 Å². The maximum absolute atomic E-state index is 11.2. The molecule has 0 fully saturated rings. The van der Waals surface area contributed by atoms with Crippen molar-refractivity contribution in [1.82, 2.24) is 0 Å². The predicted molar refractivity (Wildman–Crippen MR) is 94.2 cm³/mol. The van der Waals surface area contributed by atoms with Crippen molar-refractivity contribution in [2.75, 3.05) is 11.0 Å². The lowest BCUT2D eigenvalue weighted by molar-refractivity contribution is -0.159. The molecule has 0 saturated carbocycles. The first kappa shape index (κ1) is 19.9. The summed E-state index contributed by atoms with van der Waals surface area (Å²) >= 11 is 1.71. The van der Waals surface area contributed by atoms with E-state index in [0.29, 0.717) is 5.69 Å². The van der Waals surface area contributed by atoms with Gasteiger partial charge in [0.1, 0.15) is 0 Å². The van der Waals surface area contributed by atoms with E-state index in [4.69, 9.17) is 19.8 Å². The van der Waals surface area contributed by atoms with Crippen LogP contribution in [0.1, 0.15) is 25.3 Å². The Labute approximate surface area is 144 Å². The predicted octanol–water partition coefficient (Wildman–Crippen LogP) is 2.77. The second-order valence-electron chi connectivity index (χ2n) is 5.06. The second kappa shape index (κ2) is 8.65. The van der Waals surface area contributed by atoms with Crippen molar-refractivity contribution in [2.45, 2.75) is 26.2 Å². The maximum Gasteiger partial charge on any atom is 0.414 e. The van der Waals surface area contributed by atoms with Gasteiger partial charge in [0.25, 0.3) is 0 Å². The molecule has 0 amide bonds. The van der Waals surface area contributed by atoms with Crippen LogP contribution in [0, 0.1) is 0 Å². The number of aryl methyl sites for hydroxylation is 1. The van der Waals surface area contributed by atoms with Crippen molar-refractivity contribution in [2.24, 2.45) is 0 Å². The van der Waals surface area contributed by atoms with Gasteiger partial charge in [-0.2, -0.15) is 0 Å². The van der Waals surface area contributed by atoms with Crippen molar-refractivity contribution < 1.29 is 28.2 Å². The standard InChI is InChI=1S/C13H17NO2S2.C2H2O4/c1-3-4-5-10-9-17-13-7-6-11(8-12(10)13)14-18(2,15)16;3-1(4)2(5)6/h6-9,14H,3-5H2,1-2H3;(H,3,4)(H,5,6). The van der Waals surface area contributed by atoms with Gasteiger partial charge >= 0.3 is 11.9 Å². The highest BCUT2D eigenvalue weighted by Crippen LogP contribution is 2.30. The Morgan fingerprint density at radius 1 is 1.21 bits per heavy atom. The molecule has 1 aromatic carbocycles. The third-order valence-corrected chi connectivity index (χ3v) is 4.56. The first-order valence-corrected chi connectivity index (χ1v) is 9.85. The van der Waals surface area contributed by atoms with E-state index < -0.39 is 22.0 Å². The average molecular weight is 373 g/mol. The third-order valence-electron chi connectivity index (χ3n) is 2.94. The molecule has 0 aliphatic rings. The zero-order chi connectivity index (χ0) is 18.3. The fourth-order valence-corrected chi connectivity index (χ4v) is 3.45. The zero-order valence-electron chi connectivity index (χ0n) is 13.3. The zero-order valence-corrected chi connectivity index (χ0v) is 14.9. The van der Waals surface area contributed by atoms with Gasteiger partial charge in [0.2, 0.25) is 10.0 Å². The molecule has 9 heteroatoms. The van der Waals surface area contributed by atoms with Gasteiger partial charge in [0.15, 0.2) is 0 Å². The second-order valence-corrected chi connectivity index (χ2v) is 7.72. The summed E-state index contributed by atoms with van der Waals surface area (Å²) in [6.07, 6.45) is 4.55. The summed E-state index contributed by atoms with van der Waals surface area (Å²) in [4.78, 5) is 18.2. The Morgan fingerprint density at radius 3 is 2.33 bits per heavy atom. The molecule has 1 aromatic heterocycles. The van der Waals surface area contributed by atoms with Gasteiger partial charge in [-0.3, -0.25) is 4.72 Å². The summed E-state index contributed by atoms with van der Waals surface area (Å²) in [6, 6.07) is 5.71. The van der Waals surface area contributed by atoms with E-state index in [1.807, 2.05) is 18.2 Å². The monoisotopic (exact) mass is 373 g/mol. The number of benzene rings is 1. The number of hydrogen-bond donors (Lipinski definition) is 3. The first-order chi connectivity index (χ1) is 11.1. The molecule has 0 saturated heterocycles. The Morgan fingerprint density at radius 2 is 1.83 bits per heavy atom. The van der Waals surface area contributed by atoms with Crippen LogP contribution in [0.2, 0.25) is 0 Å². The molecule has 1 heterocycles. The van der Waals surface area contributed by atoms with Gasteiger partial charge in [-0.05, 0) is 47.4 Å². The van der Waals surface area contributed by atoms with Gasteiger partial charge in [0, 0.05) is 10.4 Å². The van der Waals surface area contributed by atoms with Gasteiger partial charge in [0.05, 0.1) is 6.26 Å². The summed E-state index contributed by atoms with van der Waals surface area (Å²) in [7, 11) is -3.21. The van der Waals surface area contributed by atoms with Crippen molar-refractivity contribution in [1.29, 1.82) is 0 Å². The number of hydrogen-bond acceptors (Lipinski definition) is 5. The topological polar surface area (TPSA) is 121 Å². The minimum absolute atomic E-state index is 0.640. The van der Waals surface area contributed by atoms with Crippen LogP contribution in [0.15, 0.2) is 23.6 Å². The number of carboxylic acids is 2. The number of rotatable bonds is 5. The van der Waals surface area contributed by atoms with Crippen molar-refractivity contribution in [3.8, 4) is 0 Å². The molecular weight excluding hydrogens is 354 g/mol. The number of unbranched alkanes of at least 4 members (excludes halogenated alkanes) is 1. The summed E-state index contributed by atoms with van der Waals surface area (Å²) in [5, 5.41) is 18.1. The SMILES string of the molecule is CCCCc1csc2ccc(NS(C)(=O)=O)cc12.O=C(O)C(=O)O. The molecule has 0 unspecified atom stereocenters. The van der Waals surface area contributed by atoms with E-state index >= 15 is 0 Å². The van der Waals surface area contributed by atoms with Crippen LogP contribution in [-0.4, -0.2) is 36.8 Å². The fourth-order valence-electron chi connectivity index (χ4n) is 1.92. The first-order valence-electron chi connectivity index (χ1n) is 7.08. The van der Waals surface area contributed by atoms with E-state index in [2.05, 4.69) is 17.0 Å². The van der Waals surface area contributed by atoms with Crippen LogP contribution < -0.4 is 4.72 Å². The fraction of sp³-hybridized carbons (Fsp3) is 0.333. The highest BCUT2D eigenvalue weighted by Gasteiger charge is 2.07. The maximum atomic E-state index is 11.2. The van der Waals surface area contributed by atoms with Crippen LogP contribution in [0.25, 0.3) is 10.1 Å². The molecule has 0 atom stereocenters. The van der Waals surface area contributed by atoms with E-state index in [0.717, 1.165) is 12.8 Å². The lowest BCUT2D eigenvalue weighted by Gasteiger charge is -2.04. The third kappa shape index (κ3) is 6.55. The molecule has 2 rings (SSSR count). The molecule has 24 heavy (non-hydrogen) atoms. The van der Waals surface area contributed by atoms with Crippen LogP contribution in [0.5, 0.6) is 0 Å². The number of nitrogens with one attached hydrogen (secondary N) is 1. The van der Waals surface area contributed by atoms with E-state index in [-0.39, 0.29) is 0 Å². The summed E-state index contributed by atoms with van der Waals surface area (Å²) < 4.78 is 26.2. The van der Waals surface area contributed by atoms with Gasteiger partial charge in [-0.1, -0.05) is 13.3 Å². The largest absolute Gasteiger partial charge is 0.473 e. The molecule has 2 aromatic rings. The highest BCUT2D eigenvalue weighted by molar-refractivity contribution is 7.92. The summed E-state index contributed by atoms with van der Waals surface area (Å²) in [5.74, 6) is -3.65. The van der Waals surface area contributed by atoms with E-state index in [1.165, 1.54) is 28.3 Å². The van der Waals surface area contributed by atoms with Crippen LogP contribution in [0.4, 0.5) is 5.69 Å². The molecular formula is C15H19NO6S2. The summed E-state index contributed by atoms with van der Waals surface area (Å²) in [5.41, 5.74) is 1.95. The van der Waals surface area contributed by atoms with Gasteiger partial charge in [-0.25, -0.2) is 18.0 Å². The van der Waals surface area contributed by atoms with E-state index in [1.54, 1.807) is 11.3 Å². The quantitative estimate of drug-likeness (QED) is 0.693. The molecule has 3 N–H and O–H groups in total. The number of sulfonamides is 1. The normalized spacial score (nSPS) is 10.8. The molecule has 0 aliphatic heterocycles. The Kier molecular flexibility index (Phi) is 7.18. The Bertz CT molecular complexity index is 814. The van der Waals surface area contributed by atoms with Gasteiger partial charge in [-0.15, -0.1) is 11.3 Å². The number of anilines is 1. The molecule has 132 valence electrons.